The molecule has 41 heavy (non-hydrogen) atoms. The van der Waals surface area contributed by atoms with E-state index in [9.17, 15) is 29.3 Å². The number of carbonyl (C=O) groups is 4. The summed E-state index contributed by atoms with van der Waals surface area (Å²) >= 11 is 0. The van der Waals surface area contributed by atoms with Gasteiger partial charge in [-0.05, 0) is 36.6 Å². The minimum absolute atomic E-state index is 0.0536. The van der Waals surface area contributed by atoms with Crippen LogP contribution in [0, 0.1) is 16.0 Å². The Morgan fingerprint density at radius 3 is 2.46 bits per heavy atom. The quantitative estimate of drug-likeness (QED) is 0.187. The van der Waals surface area contributed by atoms with Gasteiger partial charge in [-0.25, -0.2) is 4.79 Å². The molecule has 5 rings (SSSR count). The number of rotatable bonds is 8. The van der Waals surface area contributed by atoms with Crippen molar-refractivity contribution in [3.8, 4) is 0 Å². The molecule has 0 unspecified atom stereocenters. The van der Waals surface area contributed by atoms with Crippen LogP contribution in [0.4, 0.5) is 5.69 Å². The van der Waals surface area contributed by atoms with Crippen LogP contribution in [0.5, 0.6) is 0 Å². The lowest BCUT2D eigenvalue weighted by Crippen LogP contribution is -2.51. The number of nitro groups is 1. The van der Waals surface area contributed by atoms with Crippen LogP contribution in [0.25, 0.3) is 10.9 Å². The maximum Gasteiger partial charge on any atom is 0.338 e. The van der Waals surface area contributed by atoms with Crippen LogP contribution in [-0.4, -0.2) is 64.0 Å². The van der Waals surface area contributed by atoms with Gasteiger partial charge in [0.05, 0.1) is 16.5 Å². The third kappa shape index (κ3) is 5.76. The summed E-state index contributed by atoms with van der Waals surface area (Å²) in [5, 5.41) is 12.0. The van der Waals surface area contributed by atoms with Crippen molar-refractivity contribution in [2.75, 3.05) is 13.2 Å². The van der Waals surface area contributed by atoms with Gasteiger partial charge >= 0.3 is 17.9 Å². The molecule has 1 saturated heterocycles. The fourth-order valence-corrected chi connectivity index (χ4v) is 5.86. The highest BCUT2D eigenvalue weighted by Crippen LogP contribution is 2.43. The maximum atomic E-state index is 13.4. The van der Waals surface area contributed by atoms with Gasteiger partial charge in [0.25, 0.3) is 5.69 Å². The molecule has 214 valence electrons. The fourth-order valence-electron chi connectivity index (χ4n) is 5.86. The number of nitrogens with zero attached hydrogens (tertiary/aromatic N) is 2. The number of ether oxygens (including phenoxy) is 3. The summed E-state index contributed by atoms with van der Waals surface area (Å²) in [5.74, 6) is -2.78. The van der Waals surface area contributed by atoms with E-state index in [-0.39, 0.29) is 29.6 Å². The lowest BCUT2D eigenvalue weighted by atomic mass is 9.80. The molecule has 4 atom stereocenters. The van der Waals surface area contributed by atoms with Crippen molar-refractivity contribution in [3.05, 3.63) is 75.5 Å². The second kappa shape index (κ2) is 11.4. The number of piperidine rings is 1. The largest absolute Gasteiger partial charge is 0.458 e. The zero-order valence-corrected chi connectivity index (χ0v) is 22.5. The molecule has 0 spiro atoms. The summed E-state index contributed by atoms with van der Waals surface area (Å²) in [4.78, 5) is 65.9. The number of esters is 3. The number of aromatic nitrogens is 1. The Balaban J connectivity index is 1.39. The van der Waals surface area contributed by atoms with Crippen molar-refractivity contribution in [2.24, 2.45) is 5.92 Å². The number of hydrogen-bond donors (Lipinski definition) is 1. The van der Waals surface area contributed by atoms with Gasteiger partial charge in [0.1, 0.15) is 12.7 Å². The number of H-pyrrole nitrogens is 1. The summed E-state index contributed by atoms with van der Waals surface area (Å²) < 4.78 is 16.5. The standard InChI is InChI=1S/C29H29N3O9/c1-16(33)40-25(15-39-29(36)18-7-9-20(10-8-18)32(37)38)28(41-17(2)34)19-13-24-27-22(11-12-31(24)26(35)14-19)21-5-3-4-6-23(21)30-27/h3-10,19,24-25,28,30H,11-15H2,1-2H3/t19-,24-,25-,28+/m1/s1. The Morgan fingerprint density at radius 2 is 1.78 bits per heavy atom. The SMILES string of the molecule is CC(=O)O[C@@H]([C@H]1CC(=O)N2CCc3c([nH]c4ccccc34)[C@H]2C1)[C@@H](COC(=O)c1ccc([N+](=O)[O-])cc1)OC(C)=O. The van der Waals surface area contributed by atoms with E-state index in [0.717, 1.165) is 22.2 Å². The number of carbonyl (C=O) groups excluding carboxylic acids is 4. The smallest absolute Gasteiger partial charge is 0.338 e. The number of para-hydroxylation sites is 1. The van der Waals surface area contributed by atoms with Crippen molar-refractivity contribution in [1.82, 2.24) is 9.88 Å². The molecule has 1 aromatic heterocycles. The van der Waals surface area contributed by atoms with E-state index in [1.54, 1.807) is 0 Å². The first-order valence-corrected chi connectivity index (χ1v) is 13.3. The molecular weight excluding hydrogens is 534 g/mol. The van der Waals surface area contributed by atoms with Crippen molar-refractivity contribution in [3.63, 3.8) is 0 Å². The van der Waals surface area contributed by atoms with Crippen LogP contribution >= 0.6 is 0 Å². The topological polar surface area (TPSA) is 158 Å². The van der Waals surface area contributed by atoms with E-state index in [1.165, 1.54) is 38.1 Å². The Bertz CT molecular complexity index is 1510. The first kappa shape index (κ1) is 27.8. The third-order valence-electron chi connectivity index (χ3n) is 7.58. The van der Waals surface area contributed by atoms with Crippen LogP contribution in [-0.2, 0) is 35.0 Å². The Morgan fingerprint density at radius 1 is 1.07 bits per heavy atom. The van der Waals surface area contributed by atoms with Crippen molar-refractivity contribution >= 4 is 40.4 Å². The number of hydrogen-bond acceptors (Lipinski definition) is 9. The molecule has 0 aliphatic carbocycles. The lowest BCUT2D eigenvalue weighted by Gasteiger charge is -2.44. The normalized spacial score (nSPS) is 19.5. The molecule has 12 heteroatoms. The predicted molar refractivity (Wildman–Crippen MR) is 144 cm³/mol. The van der Waals surface area contributed by atoms with E-state index >= 15 is 0 Å². The number of benzene rings is 2. The van der Waals surface area contributed by atoms with Crippen molar-refractivity contribution in [2.45, 2.75) is 51.4 Å². The highest BCUT2D eigenvalue weighted by molar-refractivity contribution is 5.89. The first-order chi connectivity index (χ1) is 19.6. The maximum absolute atomic E-state index is 13.4. The van der Waals surface area contributed by atoms with Gasteiger partial charge in [-0.2, -0.15) is 0 Å². The molecule has 1 amide bonds. The molecule has 3 heterocycles. The number of non-ortho nitro benzene ring substituents is 1. The Kier molecular flexibility index (Phi) is 7.73. The van der Waals surface area contributed by atoms with Gasteiger partial charge in [0.15, 0.2) is 6.10 Å². The Hall–Kier alpha value is -4.74. The molecule has 0 bridgehead atoms. The lowest BCUT2D eigenvalue weighted by molar-refractivity contribution is -0.384. The summed E-state index contributed by atoms with van der Waals surface area (Å²) in [6.07, 6.45) is -1.06. The number of nitrogens with one attached hydrogen (secondary N) is 1. The van der Waals surface area contributed by atoms with E-state index in [4.69, 9.17) is 14.2 Å². The Labute approximate surface area is 234 Å². The molecule has 1 fully saturated rings. The predicted octanol–water partition coefficient (Wildman–Crippen LogP) is 3.63. The van der Waals surface area contributed by atoms with Crippen molar-refractivity contribution in [1.29, 1.82) is 0 Å². The van der Waals surface area contributed by atoms with Gasteiger partial charge in [0, 0.05) is 61.5 Å². The molecule has 1 N–H and O–H groups in total. The van der Waals surface area contributed by atoms with E-state index in [2.05, 4.69) is 4.98 Å². The van der Waals surface area contributed by atoms with Crippen LogP contribution in [0.3, 0.4) is 0 Å². The number of amides is 1. The second-order valence-electron chi connectivity index (χ2n) is 10.2. The summed E-state index contributed by atoms with van der Waals surface area (Å²) in [5.41, 5.74) is 2.92. The summed E-state index contributed by atoms with van der Waals surface area (Å²) in [6, 6.07) is 12.5. The monoisotopic (exact) mass is 563 g/mol. The molecule has 2 aliphatic rings. The minimum atomic E-state index is -1.19. The van der Waals surface area contributed by atoms with Gasteiger partial charge in [-0.1, -0.05) is 18.2 Å². The van der Waals surface area contributed by atoms with Gasteiger partial charge in [-0.3, -0.25) is 24.5 Å². The van der Waals surface area contributed by atoms with Crippen LogP contribution in [0.2, 0.25) is 0 Å². The molecule has 0 saturated carbocycles. The van der Waals surface area contributed by atoms with Gasteiger partial charge in [-0.15, -0.1) is 0 Å². The number of fused-ring (bicyclic) bond motifs is 5. The zero-order chi connectivity index (χ0) is 29.3. The molecule has 0 radical (unpaired) electrons. The van der Waals surface area contributed by atoms with Gasteiger partial charge in [0.2, 0.25) is 5.91 Å². The molecule has 3 aromatic rings. The number of aromatic amines is 1. The van der Waals surface area contributed by atoms with E-state index in [1.807, 2.05) is 29.2 Å². The van der Waals surface area contributed by atoms with Crippen LogP contribution in [0.1, 0.15) is 54.3 Å². The van der Waals surface area contributed by atoms with Crippen molar-refractivity contribution < 1.29 is 38.3 Å². The highest BCUT2D eigenvalue weighted by Gasteiger charge is 2.46. The molecular formula is C29H29N3O9. The zero-order valence-electron chi connectivity index (χ0n) is 22.5. The minimum Gasteiger partial charge on any atom is -0.458 e. The summed E-state index contributed by atoms with van der Waals surface area (Å²) in [6.45, 7) is 2.50. The molecule has 2 aromatic carbocycles. The molecule has 12 nitrogen and oxygen atoms in total. The van der Waals surface area contributed by atoms with Gasteiger partial charge < -0.3 is 24.1 Å². The first-order valence-electron chi connectivity index (χ1n) is 13.3. The van der Waals surface area contributed by atoms with E-state index in [0.29, 0.717) is 19.4 Å². The highest BCUT2D eigenvalue weighted by atomic mass is 16.6. The fraction of sp³-hybridized carbons (Fsp3) is 0.379. The van der Waals surface area contributed by atoms with Crippen LogP contribution < -0.4 is 0 Å². The summed E-state index contributed by atoms with van der Waals surface area (Å²) in [7, 11) is 0. The third-order valence-corrected chi connectivity index (χ3v) is 7.58. The molecule has 2 aliphatic heterocycles. The average Bonchev–Trinajstić information content (AvgIpc) is 3.33. The van der Waals surface area contributed by atoms with E-state index < -0.39 is 47.6 Å². The second-order valence-corrected chi connectivity index (χ2v) is 10.2. The van der Waals surface area contributed by atoms with Crippen LogP contribution in [0.15, 0.2) is 48.5 Å². The number of nitro benzene ring substituents is 1. The average molecular weight is 564 g/mol.